The lowest BCUT2D eigenvalue weighted by Crippen LogP contribution is -2.05. The molecule has 0 aliphatic rings. The van der Waals surface area contributed by atoms with Crippen molar-refractivity contribution in [3.8, 4) is 0 Å². The van der Waals surface area contributed by atoms with Crippen LogP contribution in [0.1, 0.15) is 12.5 Å². The van der Waals surface area contributed by atoms with E-state index in [4.69, 9.17) is 0 Å². The van der Waals surface area contributed by atoms with E-state index in [9.17, 15) is 18.0 Å². The molecule has 0 radical (unpaired) electrons. The van der Waals surface area contributed by atoms with Gasteiger partial charge < -0.3 is 0 Å². The van der Waals surface area contributed by atoms with Crippen molar-refractivity contribution in [3.05, 3.63) is 34.1 Å². The van der Waals surface area contributed by atoms with Crippen molar-refractivity contribution >= 4 is 10.9 Å². The van der Waals surface area contributed by atoms with Crippen LogP contribution in [0.25, 0.3) is 10.9 Å². The molecule has 1 aromatic carbocycles. The highest BCUT2D eigenvalue weighted by Crippen LogP contribution is 2.30. The van der Waals surface area contributed by atoms with Gasteiger partial charge in [-0.2, -0.15) is 13.2 Å². The van der Waals surface area contributed by atoms with Gasteiger partial charge in [-0.25, -0.2) is 0 Å². The lowest BCUT2D eigenvalue weighted by molar-refractivity contribution is -0.137. The number of halogens is 3. The number of nitrogens with zero attached hydrogens (tertiary/aromatic N) is 1. The first kappa shape index (κ1) is 10.8. The average molecular weight is 230 g/mol. The zero-order chi connectivity index (χ0) is 11.9. The Labute approximate surface area is 88.5 Å². The zero-order valence-corrected chi connectivity index (χ0v) is 8.43. The number of H-pyrrole nitrogens is 1. The first-order valence-corrected chi connectivity index (χ1v) is 4.73. The monoisotopic (exact) mass is 230 g/mol. The summed E-state index contributed by atoms with van der Waals surface area (Å²) in [4.78, 5) is 11.4. The molecule has 16 heavy (non-hydrogen) atoms. The van der Waals surface area contributed by atoms with Crippen molar-refractivity contribution in [2.75, 3.05) is 0 Å². The van der Waals surface area contributed by atoms with E-state index in [1.165, 1.54) is 10.7 Å². The van der Waals surface area contributed by atoms with Gasteiger partial charge in [0.05, 0.1) is 16.5 Å². The van der Waals surface area contributed by atoms with Crippen LogP contribution in [-0.4, -0.2) is 9.78 Å². The van der Waals surface area contributed by atoms with Crippen LogP contribution in [0.2, 0.25) is 0 Å². The van der Waals surface area contributed by atoms with Gasteiger partial charge in [0.25, 0.3) is 5.56 Å². The summed E-state index contributed by atoms with van der Waals surface area (Å²) in [5.74, 6) is 0. The molecule has 0 aliphatic heterocycles. The summed E-state index contributed by atoms with van der Waals surface area (Å²) in [6.45, 7) is 2.16. The Hall–Kier alpha value is -1.72. The number of aromatic nitrogens is 2. The Bertz CT molecular complexity index is 580. The minimum Gasteiger partial charge on any atom is -0.285 e. The second-order valence-corrected chi connectivity index (χ2v) is 3.41. The van der Waals surface area contributed by atoms with E-state index in [2.05, 4.69) is 5.10 Å². The van der Waals surface area contributed by atoms with E-state index in [1.807, 2.05) is 0 Å². The highest BCUT2D eigenvalue weighted by atomic mass is 19.4. The summed E-state index contributed by atoms with van der Waals surface area (Å²) in [6, 6.07) is 3.09. The molecule has 0 fully saturated rings. The Balaban J connectivity index is 2.74. The van der Waals surface area contributed by atoms with Crippen molar-refractivity contribution in [1.29, 1.82) is 0 Å². The van der Waals surface area contributed by atoms with Gasteiger partial charge in [-0.1, -0.05) is 0 Å². The fraction of sp³-hybridized carbons (Fsp3) is 0.300. The third-order valence-electron chi connectivity index (χ3n) is 2.41. The maximum atomic E-state index is 12.5. The van der Waals surface area contributed by atoms with E-state index in [0.29, 0.717) is 6.54 Å². The molecule has 1 heterocycles. The number of aromatic amines is 1. The van der Waals surface area contributed by atoms with Gasteiger partial charge in [-0.15, -0.1) is 0 Å². The van der Waals surface area contributed by atoms with E-state index in [0.717, 1.165) is 12.1 Å². The summed E-state index contributed by atoms with van der Waals surface area (Å²) in [6.07, 6.45) is -4.39. The van der Waals surface area contributed by atoms with Crippen LogP contribution in [0.15, 0.2) is 23.0 Å². The zero-order valence-electron chi connectivity index (χ0n) is 8.43. The van der Waals surface area contributed by atoms with Crippen LogP contribution in [0.5, 0.6) is 0 Å². The SMILES string of the molecule is CCn1[nH]c(=O)c2ccc(C(F)(F)F)cc21. The number of hydrogen-bond donors (Lipinski definition) is 1. The summed E-state index contributed by atoms with van der Waals surface area (Å²) in [7, 11) is 0. The summed E-state index contributed by atoms with van der Waals surface area (Å²) in [5, 5.41) is 2.75. The number of rotatable bonds is 1. The smallest absolute Gasteiger partial charge is 0.285 e. The first-order valence-electron chi connectivity index (χ1n) is 4.73. The molecule has 0 atom stereocenters. The van der Waals surface area contributed by atoms with E-state index in [1.54, 1.807) is 6.92 Å². The third kappa shape index (κ3) is 1.60. The van der Waals surface area contributed by atoms with E-state index >= 15 is 0 Å². The minimum atomic E-state index is -4.39. The lowest BCUT2D eigenvalue weighted by atomic mass is 10.1. The topological polar surface area (TPSA) is 37.8 Å². The quantitative estimate of drug-likeness (QED) is 0.802. The largest absolute Gasteiger partial charge is 0.416 e. The maximum absolute atomic E-state index is 12.5. The molecule has 6 heteroatoms. The van der Waals surface area contributed by atoms with Gasteiger partial charge >= 0.3 is 6.18 Å². The Morgan fingerprint density at radius 1 is 1.38 bits per heavy atom. The first-order chi connectivity index (χ1) is 7.43. The average Bonchev–Trinajstić information content (AvgIpc) is 2.54. The van der Waals surface area contributed by atoms with Gasteiger partial charge in [0.2, 0.25) is 0 Å². The summed E-state index contributed by atoms with van der Waals surface area (Å²) >= 11 is 0. The second kappa shape index (κ2) is 3.40. The van der Waals surface area contributed by atoms with Gasteiger partial charge in [0, 0.05) is 6.54 Å². The summed E-state index contributed by atoms with van der Waals surface area (Å²) in [5.41, 5.74) is -0.839. The Kier molecular flexibility index (Phi) is 2.29. The number of nitrogens with one attached hydrogen (secondary N) is 1. The van der Waals surface area contributed by atoms with Crippen LogP contribution < -0.4 is 5.56 Å². The van der Waals surface area contributed by atoms with Crippen LogP contribution in [0, 0.1) is 0 Å². The normalized spacial score (nSPS) is 12.2. The fourth-order valence-electron chi connectivity index (χ4n) is 1.62. The number of fused-ring (bicyclic) bond motifs is 1. The Morgan fingerprint density at radius 3 is 2.62 bits per heavy atom. The van der Waals surface area contributed by atoms with Gasteiger partial charge in [0.15, 0.2) is 0 Å². The molecule has 2 aromatic rings. The molecule has 3 nitrogen and oxygen atoms in total. The Morgan fingerprint density at radius 2 is 2.06 bits per heavy atom. The molecule has 0 amide bonds. The predicted octanol–water partition coefficient (Wildman–Crippen LogP) is 2.37. The van der Waals surface area contributed by atoms with Crippen molar-refractivity contribution in [1.82, 2.24) is 9.78 Å². The van der Waals surface area contributed by atoms with Crippen LogP contribution in [-0.2, 0) is 12.7 Å². The summed E-state index contributed by atoms with van der Waals surface area (Å²) < 4.78 is 38.8. The lowest BCUT2D eigenvalue weighted by Gasteiger charge is -2.06. The number of alkyl halides is 3. The third-order valence-corrected chi connectivity index (χ3v) is 2.41. The molecular formula is C10H9F3N2O. The number of aryl methyl sites for hydroxylation is 1. The molecule has 1 N–H and O–H groups in total. The van der Waals surface area contributed by atoms with Crippen molar-refractivity contribution < 1.29 is 13.2 Å². The van der Waals surface area contributed by atoms with Crippen molar-refractivity contribution in [3.63, 3.8) is 0 Å². The molecule has 0 aliphatic carbocycles. The molecular weight excluding hydrogens is 221 g/mol. The highest BCUT2D eigenvalue weighted by molar-refractivity contribution is 5.79. The van der Waals surface area contributed by atoms with Crippen LogP contribution in [0.4, 0.5) is 13.2 Å². The molecule has 0 unspecified atom stereocenters. The van der Waals surface area contributed by atoms with E-state index in [-0.39, 0.29) is 16.5 Å². The molecule has 0 bridgehead atoms. The molecule has 2 rings (SSSR count). The number of benzene rings is 1. The van der Waals surface area contributed by atoms with Crippen LogP contribution >= 0.6 is 0 Å². The van der Waals surface area contributed by atoms with Crippen molar-refractivity contribution in [2.45, 2.75) is 19.6 Å². The molecule has 0 saturated heterocycles. The highest BCUT2D eigenvalue weighted by Gasteiger charge is 2.30. The molecule has 1 aromatic heterocycles. The fourth-order valence-corrected chi connectivity index (χ4v) is 1.62. The minimum absolute atomic E-state index is 0.273. The molecule has 0 saturated carbocycles. The number of hydrogen-bond acceptors (Lipinski definition) is 1. The van der Waals surface area contributed by atoms with Gasteiger partial charge in [-0.3, -0.25) is 14.6 Å². The van der Waals surface area contributed by atoms with Gasteiger partial charge in [0.1, 0.15) is 0 Å². The van der Waals surface area contributed by atoms with Crippen LogP contribution in [0.3, 0.4) is 0 Å². The maximum Gasteiger partial charge on any atom is 0.416 e. The molecule has 0 spiro atoms. The van der Waals surface area contributed by atoms with Crippen molar-refractivity contribution in [2.24, 2.45) is 0 Å². The second-order valence-electron chi connectivity index (χ2n) is 3.41. The predicted molar refractivity (Wildman–Crippen MR) is 53.2 cm³/mol. The van der Waals surface area contributed by atoms with Gasteiger partial charge in [-0.05, 0) is 25.1 Å². The van der Waals surface area contributed by atoms with E-state index < -0.39 is 11.7 Å². The standard InChI is InChI=1S/C10H9F3N2O/c1-2-15-8-5-6(10(11,12)13)3-4-7(8)9(16)14-15/h3-5H,2H2,1H3,(H,14,16). The molecule has 86 valence electrons.